The Morgan fingerprint density at radius 2 is 0.569 bits per heavy atom. The summed E-state index contributed by atoms with van der Waals surface area (Å²) in [7, 11) is 0. The van der Waals surface area contributed by atoms with Crippen LogP contribution in [0.5, 0.6) is 0 Å². The molecule has 1 unspecified atom stereocenters. The van der Waals surface area contributed by atoms with Crippen molar-refractivity contribution in [2.45, 2.75) is 387 Å². The molecule has 72 heavy (non-hydrogen) atoms. The Morgan fingerprint density at radius 3 is 0.875 bits per heavy atom. The van der Waals surface area contributed by atoms with Crippen LogP contribution < -0.4 is 0 Å². The van der Waals surface area contributed by atoms with Gasteiger partial charge < -0.3 is 9.64 Å². The van der Waals surface area contributed by atoms with Crippen molar-refractivity contribution in [2.24, 2.45) is 5.92 Å². The van der Waals surface area contributed by atoms with E-state index in [0.29, 0.717) is 13.0 Å². The molecule has 0 saturated carbocycles. The zero-order valence-electron chi connectivity index (χ0n) is 50.1. The molecule has 0 aliphatic rings. The van der Waals surface area contributed by atoms with E-state index >= 15 is 0 Å². The molecule has 4 nitrogen and oxygen atoms in total. The molecule has 4 heteroatoms. The Balaban J connectivity index is 4.02. The molecule has 428 valence electrons. The standard InChI is InChI=1S/C68H133NO3/c1-5-9-13-17-21-22-23-24-25-26-27-28-29-30-31-32-33-34-35-36-37-38-39-40-41-42-43-44-45-46-47-48-49-50-51-52-53-57-61-66(68(71)72-64-60-56-20-16-12-8-4)65-67(70)69(62-58-54-18-14-10-6-2)63-59-55-19-15-11-7-3/h34-35,66H,5-33,36-65H2,1-4H3/b35-34+. The fourth-order valence-corrected chi connectivity index (χ4v) is 10.9. The molecule has 1 atom stereocenters. The van der Waals surface area contributed by atoms with Gasteiger partial charge in [0.05, 0.1) is 12.5 Å². The average molecular weight is 1010 g/mol. The van der Waals surface area contributed by atoms with Gasteiger partial charge >= 0.3 is 5.97 Å². The molecule has 0 saturated heterocycles. The highest BCUT2D eigenvalue weighted by Crippen LogP contribution is 2.22. The fraction of sp³-hybridized carbons (Fsp3) is 0.941. The van der Waals surface area contributed by atoms with Crippen LogP contribution in [0.2, 0.25) is 0 Å². The maximum Gasteiger partial charge on any atom is 0.309 e. The SMILES string of the molecule is CCCCCCCCCCCCCCCCCC/C=C/CCCCCCCCCCCCCCCCCCCCC(CC(=O)N(CCCCCCCC)CCCCCCCC)C(=O)OCCCCCCCC. The Kier molecular flexibility index (Phi) is 61.1. The number of carbonyl (C=O) groups is 2. The molecule has 0 aromatic carbocycles. The molecular formula is C68H133NO3. The fourth-order valence-electron chi connectivity index (χ4n) is 10.9. The number of hydrogen-bond donors (Lipinski definition) is 0. The number of carbonyl (C=O) groups excluding carboxylic acids is 2. The maximum absolute atomic E-state index is 13.9. The first-order chi connectivity index (χ1) is 35.6. The second kappa shape index (κ2) is 62.2. The van der Waals surface area contributed by atoms with Crippen molar-refractivity contribution in [3.05, 3.63) is 12.2 Å². The summed E-state index contributed by atoms with van der Waals surface area (Å²) in [5.41, 5.74) is 0. The number of esters is 1. The normalized spacial score (nSPS) is 12.1. The summed E-state index contributed by atoms with van der Waals surface area (Å²) < 4.78 is 5.88. The lowest BCUT2D eigenvalue weighted by Crippen LogP contribution is -2.35. The van der Waals surface area contributed by atoms with E-state index in [4.69, 9.17) is 4.74 Å². The molecule has 0 aliphatic heterocycles. The minimum atomic E-state index is -0.292. The van der Waals surface area contributed by atoms with E-state index < -0.39 is 0 Å². The van der Waals surface area contributed by atoms with Crippen molar-refractivity contribution in [3.63, 3.8) is 0 Å². The van der Waals surface area contributed by atoms with Crippen molar-refractivity contribution in [3.8, 4) is 0 Å². The molecule has 0 fully saturated rings. The van der Waals surface area contributed by atoms with E-state index in [1.807, 2.05) is 0 Å². The lowest BCUT2D eigenvalue weighted by atomic mass is 9.96. The monoisotopic (exact) mass is 1010 g/mol. The summed E-state index contributed by atoms with van der Waals surface area (Å²) in [6.07, 6.45) is 78.2. The van der Waals surface area contributed by atoms with Crippen LogP contribution in [0.1, 0.15) is 387 Å². The minimum Gasteiger partial charge on any atom is -0.465 e. The summed E-state index contributed by atoms with van der Waals surface area (Å²) in [4.78, 5) is 29.5. The molecule has 0 rings (SSSR count). The van der Waals surface area contributed by atoms with Gasteiger partial charge in [-0.25, -0.2) is 0 Å². The van der Waals surface area contributed by atoms with Crippen molar-refractivity contribution in [1.29, 1.82) is 0 Å². The molecule has 0 bridgehead atoms. The molecule has 0 radical (unpaired) electrons. The van der Waals surface area contributed by atoms with E-state index in [9.17, 15) is 9.59 Å². The molecule has 0 heterocycles. The molecule has 0 aromatic heterocycles. The van der Waals surface area contributed by atoms with Gasteiger partial charge in [0, 0.05) is 19.5 Å². The Labute approximate surface area is 454 Å². The van der Waals surface area contributed by atoms with E-state index in [0.717, 1.165) is 58.0 Å². The third-order valence-corrected chi connectivity index (χ3v) is 16.0. The third kappa shape index (κ3) is 54.9. The minimum absolute atomic E-state index is 0.115. The van der Waals surface area contributed by atoms with Gasteiger partial charge in [-0.05, 0) is 51.4 Å². The van der Waals surface area contributed by atoms with Crippen molar-refractivity contribution >= 4 is 11.9 Å². The molecule has 0 N–H and O–H groups in total. The second-order valence-corrected chi connectivity index (χ2v) is 23.3. The number of rotatable bonds is 62. The average Bonchev–Trinajstić information content (AvgIpc) is 3.38. The molecule has 0 aliphatic carbocycles. The summed E-state index contributed by atoms with van der Waals surface area (Å²) in [6, 6.07) is 0. The maximum atomic E-state index is 13.9. The van der Waals surface area contributed by atoms with Gasteiger partial charge in [0.1, 0.15) is 0 Å². The van der Waals surface area contributed by atoms with Crippen LogP contribution in [0.4, 0.5) is 0 Å². The highest BCUT2D eigenvalue weighted by molar-refractivity contribution is 5.83. The van der Waals surface area contributed by atoms with E-state index in [-0.39, 0.29) is 17.8 Å². The van der Waals surface area contributed by atoms with Crippen LogP contribution in [0.3, 0.4) is 0 Å². The smallest absolute Gasteiger partial charge is 0.309 e. The quantitative estimate of drug-likeness (QED) is 0.0346. The van der Waals surface area contributed by atoms with Crippen molar-refractivity contribution in [2.75, 3.05) is 19.7 Å². The zero-order valence-corrected chi connectivity index (χ0v) is 50.1. The van der Waals surface area contributed by atoms with E-state index in [1.54, 1.807) is 0 Å². The summed E-state index contributed by atoms with van der Waals surface area (Å²) in [5.74, 6) is -0.218. The first-order valence-electron chi connectivity index (χ1n) is 33.7. The molecule has 0 spiro atoms. The van der Waals surface area contributed by atoms with Crippen molar-refractivity contribution < 1.29 is 14.3 Å². The van der Waals surface area contributed by atoms with Crippen LogP contribution in [-0.2, 0) is 14.3 Å². The topological polar surface area (TPSA) is 46.6 Å². The van der Waals surface area contributed by atoms with Gasteiger partial charge in [-0.1, -0.05) is 342 Å². The van der Waals surface area contributed by atoms with Crippen LogP contribution in [0.15, 0.2) is 12.2 Å². The highest BCUT2D eigenvalue weighted by atomic mass is 16.5. The third-order valence-electron chi connectivity index (χ3n) is 16.0. The van der Waals surface area contributed by atoms with Gasteiger partial charge in [0.2, 0.25) is 5.91 Å². The summed E-state index contributed by atoms with van der Waals surface area (Å²) in [6.45, 7) is 11.3. The number of hydrogen-bond acceptors (Lipinski definition) is 3. The summed E-state index contributed by atoms with van der Waals surface area (Å²) >= 11 is 0. The lowest BCUT2D eigenvalue weighted by Gasteiger charge is -2.25. The lowest BCUT2D eigenvalue weighted by molar-refractivity contribution is -0.152. The number of nitrogens with zero attached hydrogens (tertiary/aromatic N) is 1. The van der Waals surface area contributed by atoms with Crippen LogP contribution in [-0.4, -0.2) is 36.5 Å². The van der Waals surface area contributed by atoms with Gasteiger partial charge in [-0.3, -0.25) is 9.59 Å². The number of ether oxygens (including phenoxy) is 1. The predicted molar refractivity (Wildman–Crippen MR) is 321 cm³/mol. The zero-order chi connectivity index (χ0) is 52.2. The summed E-state index contributed by atoms with van der Waals surface area (Å²) in [5, 5.41) is 0. The van der Waals surface area contributed by atoms with Crippen LogP contribution in [0.25, 0.3) is 0 Å². The van der Waals surface area contributed by atoms with E-state index in [1.165, 1.54) is 308 Å². The largest absolute Gasteiger partial charge is 0.465 e. The predicted octanol–water partition coefficient (Wildman–Crippen LogP) is 23.5. The molecule has 0 aromatic rings. The van der Waals surface area contributed by atoms with Crippen LogP contribution >= 0.6 is 0 Å². The number of amides is 1. The second-order valence-electron chi connectivity index (χ2n) is 23.3. The number of unbranched alkanes of at least 4 members (excludes halogenated alkanes) is 49. The number of allylic oxidation sites excluding steroid dienone is 2. The van der Waals surface area contributed by atoms with Crippen molar-refractivity contribution in [1.82, 2.24) is 4.90 Å². The van der Waals surface area contributed by atoms with E-state index in [2.05, 4.69) is 44.7 Å². The van der Waals surface area contributed by atoms with Gasteiger partial charge in [-0.2, -0.15) is 0 Å². The highest BCUT2D eigenvalue weighted by Gasteiger charge is 2.26. The molecular weight excluding hydrogens is 879 g/mol. The molecule has 1 amide bonds. The Bertz CT molecular complexity index is 1060. The van der Waals surface area contributed by atoms with Gasteiger partial charge in [0.25, 0.3) is 0 Å². The first-order valence-corrected chi connectivity index (χ1v) is 33.7. The first kappa shape index (κ1) is 70.7. The van der Waals surface area contributed by atoms with Gasteiger partial charge in [0.15, 0.2) is 0 Å². The van der Waals surface area contributed by atoms with Gasteiger partial charge in [-0.15, -0.1) is 0 Å². The Morgan fingerprint density at radius 1 is 0.319 bits per heavy atom. The van der Waals surface area contributed by atoms with Crippen LogP contribution in [0, 0.1) is 5.92 Å². The Hall–Kier alpha value is -1.32.